The molecule has 1 aliphatic rings. The van der Waals surface area contributed by atoms with Crippen LogP contribution < -0.4 is 0 Å². The zero-order valence-corrected chi connectivity index (χ0v) is 13.5. The Morgan fingerprint density at radius 1 is 0.800 bits per heavy atom. The van der Waals surface area contributed by atoms with E-state index in [9.17, 15) is 31.6 Å². The maximum absolute atomic E-state index is 13.0. The van der Waals surface area contributed by atoms with Gasteiger partial charge in [-0.25, -0.2) is 0 Å². The Morgan fingerprint density at radius 3 is 1.76 bits per heavy atom. The van der Waals surface area contributed by atoms with Crippen molar-refractivity contribution in [2.45, 2.75) is 12.4 Å². The lowest BCUT2D eigenvalue weighted by Gasteiger charge is -2.03. The van der Waals surface area contributed by atoms with Gasteiger partial charge in [0.1, 0.15) is 22.2 Å². The van der Waals surface area contributed by atoms with Crippen LogP contribution in [0.5, 0.6) is 0 Å². The summed E-state index contributed by atoms with van der Waals surface area (Å²) in [6.45, 7) is 0. The number of hydrogen-bond donors (Lipinski definition) is 0. The molecule has 0 N–H and O–H groups in total. The summed E-state index contributed by atoms with van der Waals surface area (Å²) >= 11 is 2.24. The summed E-state index contributed by atoms with van der Waals surface area (Å²) in [5.74, 6) is 0. The molecule has 0 heterocycles. The van der Waals surface area contributed by atoms with Crippen molar-refractivity contribution in [3.8, 4) is 12.1 Å². The number of benzene rings is 1. The molecular formula is C16H5BrF6N2. The van der Waals surface area contributed by atoms with Crippen molar-refractivity contribution in [1.82, 2.24) is 0 Å². The van der Waals surface area contributed by atoms with Crippen LogP contribution in [-0.2, 0) is 0 Å². The first kappa shape index (κ1) is 18.8. The Bertz CT molecular complexity index is 890. The van der Waals surface area contributed by atoms with E-state index in [1.807, 2.05) is 0 Å². The maximum Gasteiger partial charge on any atom is 0.426 e. The Labute approximate surface area is 146 Å². The lowest BCUT2D eigenvalue weighted by molar-refractivity contribution is -0.0882. The van der Waals surface area contributed by atoms with Crippen LogP contribution in [0.15, 0.2) is 57.1 Å². The van der Waals surface area contributed by atoms with Crippen LogP contribution in [-0.4, -0.2) is 12.4 Å². The molecule has 1 aromatic rings. The highest BCUT2D eigenvalue weighted by Gasteiger charge is 2.51. The summed E-state index contributed by atoms with van der Waals surface area (Å²) in [4.78, 5) is 0. The normalized spacial score (nSPS) is 20.4. The van der Waals surface area contributed by atoms with Crippen LogP contribution in [0.4, 0.5) is 26.3 Å². The minimum atomic E-state index is -5.15. The van der Waals surface area contributed by atoms with Crippen LogP contribution in [0, 0.1) is 22.7 Å². The van der Waals surface area contributed by atoms with Crippen molar-refractivity contribution in [3.05, 3.63) is 62.7 Å². The SMILES string of the molecule is N#CC(=C1C(=C(Br)C(F)(F)F)C1=C(C#N)C(F)(F)F)c1ccccc1. The second-order valence-electron chi connectivity index (χ2n) is 4.77. The first-order valence-corrected chi connectivity index (χ1v) is 7.22. The quantitative estimate of drug-likeness (QED) is 0.442. The zero-order valence-electron chi connectivity index (χ0n) is 11.9. The van der Waals surface area contributed by atoms with E-state index in [4.69, 9.17) is 5.26 Å². The molecule has 1 saturated carbocycles. The fraction of sp³-hybridized carbons (Fsp3) is 0.125. The van der Waals surface area contributed by atoms with Gasteiger partial charge in [-0.3, -0.25) is 0 Å². The van der Waals surface area contributed by atoms with Gasteiger partial charge in [0.15, 0.2) is 0 Å². The third kappa shape index (κ3) is 3.62. The van der Waals surface area contributed by atoms with E-state index in [0.717, 1.165) is 6.07 Å². The zero-order chi connectivity index (χ0) is 19.0. The van der Waals surface area contributed by atoms with Crippen LogP contribution in [0.2, 0.25) is 0 Å². The second-order valence-corrected chi connectivity index (χ2v) is 5.57. The Hall–Kier alpha value is -2.52. The van der Waals surface area contributed by atoms with Gasteiger partial charge >= 0.3 is 12.4 Å². The van der Waals surface area contributed by atoms with E-state index in [1.54, 1.807) is 12.1 Å². The van der Waals surface area contributed by atoms with Crippen LogP contribution >= 0.6 is 15.9 Å². The van der Waals surface area contributed by atoms with Crippen molar-refractivity contribution in [1.29, 1.82) is 10.5 Å². The van der Waals surface area contributed by atoms with Crippen molar-refractivity contribution in [2.75, 3.05) is 0 Å². The molecule has 0 aromatic heterocycles. The highest BCUT2D eigenvalue weighted by atomic mass is 79.9. The second kappa shape index (κ2) is 6.41. The fourth-order valence-corrected chi connectivity index (χ4v) is 2.58. The number of halogens is 7. The van der Waals surface area contributed by atoms with E-state index < -0.39 is 39.1 Å². The number of allylic oxidation sites excluding steroid dienone is 6. The van der Waals surface area contributed by atoms with E-state index >= 15 is 0 Å². The van der Waals surface area contributed by atoms with Crippen molar-refractivity contribution >= 4 is 21.5 Å². The molecule has 0 spiro atoms. The number of hydrogen-bond acceptors (Lipinski definition) is 2. The van der Waals surface area contributed by atoms with Gasteiger partial charge in [0.05, 0.1) is 5.57 Å². The highest BCUT2D eigenvalue weighted by Crippen LogP contribution is 2.58. The standard InChI is InChI=1S/C16H5BrF6N2/c17-14(16(21,22)23)13-11(12(13)10(7-25)15(18,19)20)9(6-24)8-4-2-1-3-5-8/h1-5H. The summed E-state index contributed by atoms with van der Waals surface area (Å²) < 4.78 is 76.3. The smallest absolute Gasteiger partial charge is 0.192 e. The average molecular weight is 419 g/mol. The molecule has 2 nitrogen and oxygen atoms in total. The molecule has 25 heavy (non-hydrogen) atoms. The number of nitriles is 2. The van der Waals surface area contributed by atoms with E-state index in [-0.39, 0.29) is 11.1 Å². The lowest BCUT2D eigenvalue weighted by Crippen LogP contribution is -2.10. The summed E-state index contributed by atoms with van der Waals surface area (Å²) in [6, 6.07) is 9.80. The van der Waals surface area contributed by atoms with E-state index in [2.05, 4.69) is 15.9 Å². The summed E-state index contributed by atoms with van der Waals surface area (Å²) in [5, 5.41) is 18.0. The summed E-state index contributed by atoms with van der Waals surface area (Å²) in [5.41, 5.74) is -4.28. The molecular weight excluding hydrogens is 414 g/mol. The first-order chi connectivity index (χ1) is 11.5. The highest BCUT2D eigenvalue weighted by molar-refractivity contribution is 9.11. The molecule has 2 rings (SSSR count). The molecule has 0 saturated heterocycles. The molecule has 128 valence electrons. The van der Waals surface area contributed by atoms with Gasteiger partial charge in [-0.15, -0.1) is 0 Å². The number of alkyl halides is 6. The molecule has 1 fully saturated rings. The molecule has 0 radical (unpaired) electrons. The van der Waals surface area contributed by atoms with Crippen molar-refractivity contribution < 1.29 is 26.3 Å². The maximum atomic E-state index is 13.0. The van der Waals surface area contributed by atoms with Gasteiger partial charge < -0.3 is 0 Å². The van der Waals surface area contributed by atoms with E-state index in [1.165, 1.54) is 24.3 Å². The van der Waals surface area contributed by atoms with Gasteiger partial charge in [-0.05, 0) is 21.5 Å². The van der Waals surface area contributed by atoms with Crippen LogP contribution in [0.3, 0.4) is 0 Å². The molecule has 0 bridgehead atoms. The van der Waals surface area contributed by atoms with E-state index in [0.29, 0.717) is 0 Å². The first-order valence-electron chi connectivity index (χ1n) is 6.43. The molecule has 0 unspecified atom stereocenters. The van der Waals surface area contributed by atoms with Gasteiger partial charge in [0, 0.05) is 16.7 Å². The monoisotopic (exact) mass is 418 g/mol. The third-order valence-corrected chi connectivity index (χ3v) is 4.07. The molecule has 9 heteroatoms. The molecule has 0 amide bonds. The summed E-state index contributed by atoms with van der Waals surface area (Å²) in [6.07, 6.45) is -10.1. The fourth-order valence-electron chi connectivity index (χ4n) is 2.18. The summed E-state index contributed by atoms with van der Waals surface area (Å²) in [7, 11) is 0. The number of nitrogens with zero attached hydrogens (tertiary/aromatic N) is 2. The topological polar surface area (TPSA) is 47.6 Å². The lowest BCUT2D eigenvalue weighted by atomic mass is 10.1. The largest absolute Gasteiger partial charge is 0.426 e. The van der Waals surface area contributed by atoms with Crippen LogP contribution in [0.25, 0.3) is 5.57 Å². The molecule has 0 atom stereocenters. The van der Waals surface area contributed by atoms with Crippen molar-refractivity contribution in [3.63, 3.8) is 0 Å². The molecule has 0 aliphatic heterocycles. The number of rotatable bonds is 1. The van der Waals surface area contributed by atoms with Gasteiger partial charge in [-0.2, -0.15) is 36.9 Å². The van der Waals surface area contributed by atoms with Gasteiger partial charge in [0.25, 0.3) is 0 Å². The average Bonchev–Trinajstić information content (AvgIpc) is 3.21. The molecule has 1 aliphatic carbocycles. The van der Waals surface area contributed by atoms with Gasteiger partial charge in [0.2, 0.25) is 0 Å². The Kier molecular flexibility index (Phi) is 4.83. The van der Waals surface area contributed by atoms with Crippen molar-refractivity contribution in [2.24, 2.45) is 0 Å². The minimum Gasteiger partial charge on any atom is -0.192 e. The molecule has 1 aromatic carbocycles. The predicted octanol–water partition coefficient (Wildman–Crippen LogP) is 5.57. The predicted molar refractivity (Wildman–Crippen MR) is 79.7 cm³/mol. The third-order valence-electron chi connectivity index (χ3n) is 3.23. The Balaban J connectivity index is 2.89. The minimum absolute atomic E-state index is 0.148. The Morgan fingerprint density at radius 2 is 1.36 bits per heavy atom. The van der Waals surface area contributed by atoms with Gasteiger partial charge in [-0.1, -0.05) is 30.3 Å². The van der Waals surface area contributed by atoms with Crippen LogP contribution in [0.1, 0.15) is 5.56 Å².